The van der Waals surface area contributed by atoms with Crippen LogP contribution in [0.15, 0.2) is 12.4 Å². The second kappa shape index (κ2) is 2.44. The van der Waals surface area contributed by atoms with Gasteiger partial charge in [-0.2, -0.15) is 5.10 Å². The van der Waals surface area contributed by atoms with Crippen LogP contribution < -0.4 is 0 Å². The maximum absolute atomic E-state index is 9.95. The Kier molecular flexibility index (Phi) is 1.63. The summed E-state index contributed by atoms with van der Waals surface area (Å²) in [5.41, 5.74) is 0.965. The van der Waals surface area contributed by atoms with E-state index >= 15 is 0 Å². The number of aromatic nitrogens is 2. The molecule has 0 atom stereocenters. The molecule has 0 aliphatic carbocycles. The fraction of sp³-hybridized carbons (Fsp3) is 0.333. The minimum atomic E-state index is 0.466. The van der Waals surface area contributed by atoms with Crippen LogP contribution in [0, 0.1) is 0 Å². The Morgan fingerprint density at radius 3 is 3.11 bits per heavy atom. The van der Waals surface area contributed by atoms with Crippen LogP contribution in [0.3, 0.4) is 0 Å². The third-order valence-corrected chi connectivity index (χ3v) is 1.08. The van der Waals surface area contributed by atoms with Crippen LogP contribution in [0.1, 0.15) is 5.56 Å². The lowest BCUT2D eigenvalue weighted by molar-refractivity contribution is -0.107. The summed E-state index contributed by atoms with van der Waals surface area (Å²) < 4.78 is 1.68. The molecule has 0 unspecified atom stereocenters. The maximum Gasteiger partial charge on any atom is 0.124 e. The molecule has 0 saturated carbocycles. The van der Waals surface area contributed by atoms with Crippen molar-refractivity contribution in [2.45, 2.75) is 6.42 Å². The quantitative estimate of drug-likeness (QED) is 0.526. The summed E-state index contributed by atoms with van der Waals surface area (Å²) in [7, 11) is 1.83. The highest BCUT2D eigenvalue weighted by Crippen LogP contribution is 1.93. The lowest BCUT2D eigenvalue weighted by Gasteiger charge is -1.81. The molecule has 0 spiro atoms. The number of nitrogens with zero attached hydrogens (tertiary/aromatic N) is 2. The van der Waals surface area contributed by atoms with E-state index in [4.69, 9.17) is 0 Å². The van der Waals surface area contributed by atoms with Gasteiger partial charge in [-0.3, -0.25) is 4.68 Å². The molecule has 1 heterocycles. The van der Waals surface area contributed by atoms with Crippen LogP contribution in [0.5, 0.6) is 0 Å². The fourth-order valence-electron chi connectivity index (χ4n) is 0.674. The molecule has 3 heteroatoms. The van der Waals surface area contributed by atoms with Crippen LogP contribution in [-0.2, 0) is 18.3 Å². The summed E-state index contributed by atoms with van der Waals surface area (Å²) in [6.07, 6.45) is 4.85. The molecule has 0 aliphatic rings. The Morgan fingerprint density at radius 1 is 1.89 bits per heavy atom. The zero-order valence-corrected chi connectivity index (χ0v) is 5.24. The van der Waals surface area contributed by atoms with Gasteiger partial charge in [-0.1, -0.05) is 0 Å². The first-order chi connectivity index (χ1) is 4.33. The van der Waals surface area contributed by atoms with Crippen LogP contribution in [0.4, 0.5) is 0 Å². The minimum Gasteiger partial charge on any atom is -0.303 e. The molecule has 3 nitrogen and oxygen atoms in total. The molecule has 0 amide bonds. The number of hydrogen-bond donors (Lipinski definition) is 0. The number of carbonyl (C=O) groups is 1. The van der Waals surface area contributed by atoms with Crippen LogP contribution in [-0.4, -0.2) is 16.1 Å². The largest absolute Gasteiger partial charge is 0.303 e. The van der Waals surface area contributed by atoms with E-state index < -0.39 is 0 Å². The van der Waals surface area contributed by atoms with Crippen molar-refractivity contribution in [1.82, 2.24) is 9.78 Å². The van der Waals surface area contributed by atoms with Crippen molar-refractivity contribution >= 4 is 6.29 Å². The molecule has 9 heavy (non-hydrogen) atoms. The monoisotopic (exact) mass is 124 g/mol. The van der Waals surface area contributed by atoms with Gasteiger partial charge in [0.1, 0.15) is 6.29 Å². The van der Waals surface area contributed by atoms with Gasteiger partial charge in [0.2, 0.25) is 0 Å². The van der Waals surface area contributed by atoms with E-state index in [1.807, 2.05) is 13.2 Å². The number of hydrogen-bond acceptors (Lipinski definition) is 2. The first kappa shape index (κ1) is 6.01. The van der Waals surface area contributed by atoms with Gasteiger partial charge in [0.15, 0.2) is 0 Å². The first-order valence-corrected chi connectivity index (χ1v) is 2.74. The van der Waals surface area contributed by atoms with Gasteiger partial charge >= 0.3 is 0 Å². The molecule has 1 aromatic rings. The molecule has 0 aliphatic heterocycles. The molecule has 0 saturated heterocycles. The van der Waals surface area contributed by atoms with Gasteiger partial charge in [-0.05, 0) is 5.56 Å². The van der Waals surface area contributed by atoms with Gasteiger partial charge in [0, 0.05) is 19.7 Å². The zero-order chi connectivity index (χ0) is 6.69. The normalized spacial score (nSPS) is 9.44. The lowest BCUT2D eigenvalue weighted by Crippen LogP contribution is -1.85. The van der Waals surface area contributed by atoms with Crippen molar-refractivity contribution in [3.8, 4) is 0 Å². The minimum absolute atomic E-state index is 0.466. The third kappa shape index (κ3) is 1.38. The van der Waals surface area contributed by atoms with Gasteiger partial charge in [0.05, 0.1) is 6.20 Å². The topological polar surface area (TPSA) is 34.9 Å². The molecular formula is C6H8N2O. The number of carbonyl (C=O) groups excluding carboxylic acids is 1. The van der Waals surface area contributed by atoms with Crippen LogP contribution in [0.2, 0.25) is 0 Å². The molecule has 0 aromatic carbocycles. The predicted octanol–water partition coefficient (Wildman–Crippen LogP) is 0.161. The van der Waals surface area contributed by atoms with E-state index in [1.54, 1.807) is 10.9 Å². The van der Waals surface area contributed by atoms with Crippen molar-refractivity contribution in [2.75, 3.05) is 0 Å². The van der Waals surface area contributed by atoms with Gasteiger partial charge < -0.3 is 4.79 Å². The van der Waals surface area contributed by atoms with Crippen LogP contribution in [0.25, 0.3) is 0 Å². The highest BCUT2D eigenvalue weighted by molar-refractivity contribution is 5.54. The third-order valence-electron chi connectivity index (χ3n) is 1.08. The van der Waals surface area contributed by atoms with Gasteiger partial charge in [0.25, 0.3) is 0 Å². The van der Waals surface area contributed by atoms with E-state index in [-0.39, 0.29) is 0 Å². The summed E-state index contributed by atoms with van der Waals surface area (Å²) in [6.45, 7) is 0. The summed E-state index contributed by atoms with van der Waals surface area (Å²) in [5, 5.41) is 3.89. The Hall–Kier alpha value is -1.12. The average molecular weight is 124 g/mol. The van der Waals surface area contributed by atoms with Crippen molar-refractivity contribution in [1.29, 1.82) is 0 Å². The summed E-state index contributed by atoms with van der Waals surface area (Å²) in [5.74, 6) is 0. The molecule has 0 fully saturated rings. The second-order valence-electron chi connectivity index (χ2n) is 1.89. The van der Waals surface area contributed by atoms with E-state index in [0.717, 1.165) is 11.8 Å². The Balaban J connectivity index is 2.72. The second-order valence-corrected chi connectivity index (χ2v) is 1.89. The Bertz CT molecular complexity index is 205. The number of aryl methyl sites for hydroxylation is 1. The lowest BCUT2D eigenvalue weighted by atomic mass is 10.3. The fourth-order valence-corrected chi connectivity index (χ4v) is 0.674. The van der Waals surface area contributed by atoms with E-state index in [2.05, 4.69) is 5.10 Å². The molecule has 0 N–H and O–H groups in total. The van der Waals surface area contributed by atoms with E-state index in [0.29, 0.717) is 6.42 Å². The van der Waals surface area contributed by atoms with Gasteiger partial charge in [-0.15, -0.1) is 0 Å². The molecular weight excluding hydrogens is 116 g/mol. The molecule has 0 radical (unpaired) electrons. The smallest absolute Gasteiger partial charge is 0.124 e. The highest BCUT2D eigenvalue weighted by atomic mass is 16.1. The summed E-state index contributed by atoms with van der Waals surface area (Å²) in [6, 6.07) is 0. The molecule has 1 aromatic heterocycles. The van der Waals surface area contributed by atoms with E-state index in [9.17, 15) is 4.79 Å². The maximum atomic E-state index is 9.95. The predicted molar refractivity (Wildman–Crippen MR) is 33.0 cm³/mol. The van der Waals surface area contributed by atoms with Crippen molar-refractivity contribution < 1.29 is 4.79 Å². The van der Waals surface area contributed by atoms with Crippen molar-refractivity contribution in [2.24, 2.45) is 7.05 Å². The first-order valence-electron chi connectivity index (χ1n) is 2.74. The summed E-state index contributed by atoms with van der Waals surface area (Å²) >= 11 is 0. The highest BCUT2D eigenvalue weighted by Gasteiger charge is 1.91. The molecule has 1 rings (SSSR count). The Labute approximate surface area is 53.3 Å². The standard InChI is InChI=1S/C6H8N2O/c1-8-5-6(2-3-9)4-7-8/h3-5H,2H2,1H3. The average Bonchev–Trinajstić information content (AvgIpc) is 2.17. The number of rotatable bonds is 2. The van der Waals surface area contributed by atoms with Crippen LogP contribution >= 0.6 is 0 Å². The SMILES string of the molecule is Cn1cc(CC=O)cn1. The summed E-state index contributed by atoms with van der Waals surface area (Å²) in [4.78, 5) is 9.95. The van der Waals surface area contributed by atoms with Crippen molar-refractivity contribution in [3.05, 3.63) is 18.0 Å². The number of aldehydes is 1. The van der Waals surface area contributed by atoms with Gasteiger partial charge in [-0.25, -0.2) is 0 Å². The van der Waals surface area contributed by atoms with E-state index in [1.165, 1.54) is 0 Å². The zero-order valence-electron chi connectivity index (χ0n) is 5.24. The Morgan fingerprint density at radius 2 is 2.67 bits per heavy atom. The van der Waals surface area contributed by atoms with Crippen molar-refractivity contribution in [3.63, 3.8) is 0 Å². The molecule has 48 valence electrons. The molecule has 0 bridgehead atoms.